The molecule has 4 N–H and O–H groups in total. The molecule has 4 aliphatic heterocycles. The molecule has 2 aliphatic carbocycles. The number of alkyl carbamates (subject to hydrolysis) is 1. The maximum absolute atomic E-state index is 15.6. The molecule has 19 nitrogen and oxygen atoms in total. The Hall–Kier alpha value is -6.55. The van der Waals surface area contributed by atoms with Crippen molar-refractivity contribution in [2.75, 3.05) is 27.4 Å². The van der Waals surface area contributed by atoms with Crippen LogP contribution in [0.15, 0.2) is 87.1 Å². The number of nitrogens with one attached hydrogen (secondary N) is 1. The molecule has 20 heteroatoms. The number of aliphatic hydroxyl groups is 1. The summed E-state index contributed by atoms with van der Waals surface area (Å²) in [5.41, 5.74) is 2.73. The van der Waals surface area contributed by atoms with E-state index < -0.39 is 98.1 Å². The van der Waals surface area contributed by atoms with Gasteiger partial charge in [0, 0.05) is 67.5 Å². The Morgan fingerprint density at radius 2 is 1.57 bits per heavy atom. The lowest BCUT2D eigenvalue weighted by Gasteiger charge is -2.47. The molecule has 2 bridgehead atoms. The number of fused-ring (bicyclic) bond motifs is 5. The van der Waals surface area contributed by atoms with Gasteiger partial charge in [0.05, 0.1) is 42.6 Å². The standard InChI is InChI=1S/C72H98N2O17Si/c1-40-31-41(2)33-60(85-11)65-61(86-12)36-45(6)72(84,90-65)66(78)67(79)74-29-18-17-21-55(74)69(82)89-63(44(5)35-47-23-22-42(3)43(4)34-47)46(7)58(91-92(13,14)71(8,9)10)38-57(77)48(32-40)28-30-87-70(83)73-39-54-56(76)27-26-53-62(50-19-15-16-20-51(50)68(80)81)52-25-24-49(75)37-59(52)88-64(53)54/h15-16,19-20,24-27,32,35,37,41-43,45-48,55,58,60-61,63,65,76,84H,17-18,21-23,28-31,33-34,36,38-39H2,1-14H3,(H,73,83)(H,80,81)/b40-32+,44-35+/t41-,42?,43?,45?,46+,47?,48+,55?,58?,60-,61-,63+,65+,72?/m0/s1. The van der Waals surface area contributed by atoms with Gasteiger partial charge in [0.25, 0.3) is 11.7 Å². The van der Waals surface area contributed by atoms with Crippen molar-refractivity contribution in [3.8, 4) is 28.2 Å². The van der Waals surface area contributed by atoms with Crippen LogP contribution in [-0.2, 0) is 53.8 Å². The summed E-state index contributed by atoms with van der Waals surface area (Å²) in [4.78, 5) is 101. The molecule has 2 aromatic carbocycles. The van der Waals surface area contributed by atoms with Crippen LogP contribution < -0.4 is 10.7 Å². The molecule has 4 heterocycles. The van der Waals surface area contributed by atoms with E-state index in [1.807, 2.05) is 33.8 Å². The first-order valence-electron chi connectivity index (χ1n) is 32.9. The van der Waals surface area contributed by atoms with Gasteiger partial charge >= 0.3 is 18.0 Å². The zero-order valence-electron chi connectivity index (χ0n) is 56.3. The van der Waals surface area contributed by atoms with Gasteiger partial charge in [-0.3, -0.25) is 19.2 Å². The minimum atomic E-state index is -2.74. The summed E-state index contributed by atoms with van der Waals surface area (Å²) < 4.78 is 44.7. The first-order valence-corrected chi connectivity index (χ1v) is 35.8. The summed E-state index contributed by atoms with van der Waals surface area (Å²) in [6.07, 6.45) is 4.15. The van der Waals surface area contributed by atoms with E-state index in [1.54, 1.807) is 37.3 Å². The van der Waals surface area contributed by atoms with Crippen LogP contribution in [0.25, 0.3) is 33.4 Å². The van der Waals surface area contributed by atoms with Gasteiger partial charge in [0.15, 0.2) is 13.7 Å². The van der Waals surface area contributed by atoms with Crippen molar-refractivity contribution >= 4 is 54.8 Å². The Morgan fingerprint density at radius 1 is 0.859 bits per heavy atom. The molecular weight excluding hydrogens is 1190 g/mol. The molecule has 0 aromatic heterocycles. The van der Waals surface area contributed by atoms with Gasteiger partial charge in [-0.05, 0) is 161 Å². The number of ether oxygens (including phenoxy) is 5. The highest BCUT2D eigenvalue weighted by Crippen LogP contribution is 2.46. The molecule has 8 rings (SSSR count). The first-order chi connectivity index (χ1) is 43.4. The number of piperidine rings is 1. The van der Waals surface area contributed by atoms with Crippen LogP contribution in [0.1, 0.15) is 156 Å². The third kappa shape index (κ3) is 16.0. The number of esters is 1. The molecule has 1 saturated carbocycles. The maximum Gasteiger partial charge on any atom is 0.407 e. The molecule has 14 atom stereocenters. The quantitative estimate of drug-likeness (QED) is 0.0319. The summed E-state index contributed by atoms with van der Waals surface area (Å²) in [6, 6.07) is 12.4. The molecule has 502 valence electrons. The molecule has 6 aliphatic rings. The van der Waals surface area contributed by atoms with Crippen molar-refractivity contribution in [2.24, 2.45) is 41.4 Å². The van der Waals surface area contributed by atoms with Gasteiger partial charge in [-0.15, -0.1) is 0 Å². The van der Waals surface area contributed by atoms with Crippen molar-refractivity contribution < 1.29 is 76.6 Å². The number of benzene rings is 3. The molecule has 7 unspecified atom stereocenters. The van der Waals surface area contributed by atoms with Crippen LogP contribution in [-0.4, -0.2) is 134 Å². The topological polar surface area (TPSA) is 264 Å². The smallest absolute Gasteiger partial charge is 0.407 e. The van der Waals surface area contributed by atoms with E-state index in [0.717, 1.165) is 30.4 Å². The summed E-state index contributed by atoms with van der Waals surface area (Å²) in [6.45, 7) is 24.1. The second kappa shape index (κ2) is 29.8. The van der Waals surface area contributed by atoms with E-state index in [0.29, 0.717) is 59.6 Å². The van der Waals surface area contributed by atoms with Crippen molar-refractivity contribution in [2.45, 2.75) is 207 Å². The van der Waals surface area contributed by atoms with Crippen molar-refractivity contribution in [3.63, 3.8) is 0 Å². The highest BCUT2D eigenvalue weighted by atomic mass is 28.4. The molecular formula is C72H98N2O17Si. The van der Waals surface area contributed by atoms with E-state index >= 15 is 9.59 Å². The monoisotopic (exact) mass is 1290 g/mol. The van der Waals surface area contributed by atoms with Gasteiger partial charge in [-0.2, -0.15) is 0 Å². The van der Waals surface area contributed by atoms with Crippen LogP contribution in [0.2, 0.25) is 18.1 Å². The number of amides is 2. The number of ketones is 2. The average Bonchev–Trinajstić information content (AvgIpc) is 0.759. The minimum Gasteiger partial charge on any atom is -0.507 e. The zero-order valence-corrected chi connectivity index (χ0v) is 57.3. The minimum absolute atomic E-state index is 0.000102. The van der Waals surface area contributed by atoms with Gasteiger partial charge < -0.3 is 58.1 Å². The predicted molar refractivity (Wildman–Crippen MR) is 351 cm³/mol. The van der Waals surface area contributed by atoms with Crippen LogP contribution in [0, 0.1) is 41.4 Å². The van der Waals surface area contributed by atoms with Gasteiger partial charge in [-0.25, -0.2) is 14.4 Å². The number of hydrogen-bond donors (Lipinski definition) is 4. The van der Waals surface area contributed by atoms with E-state index in [-0.39, 0.29) is 102 Å². The zero-order chi connectivity index (χ0) is 67.3. The Kier molecular flexibility index (Phi) is 23.1. The lowest BCUT2D eigenvalue weighted by atomic mass is 9.75. The molecule has 2 saturated heterocycles. The number of carbonyl (C=O) groups excluding carboxylic acids is 5. The number of phenols is 1. The fourth-order valence-electron chi connectivity index (χ4n) is 14.0. The molecule has 2 amide bonds. The highest BCUT2D eigenvalue weighted by Gasteiger charge is 2.57. The highest BCUT2D eigenvalue weighted by molar-refractivity contribution is 6.74. The van der Waals surface area contributed by atoms with Crippen LogP contribution in [0.3, 0.4) is 0 Å². The lowest BCUT2D eigenvalue weighted by molar-refractivity contribution is -0.302. The van der Waals surface area contributed by atoms with E-state index in [1.165, 1.54) is 43.4 Å². The Labute approximate surface area is 542 Å². The normalized spacial score (nSPS) is 30.2. The van der Waals surface area contributed by atoms with Gasteiger partial charge in [0.2, 0.25) is 5.79 Å². The number of rotatable bonds is 13. The number of allylic oxidation sites excluding steroid dienone is 3. The van der Waals surface area contributed by atoms with Crippen molar-refractivity contribution in [3.05, 3.63) is 99.2 Å². The Bertz CT molecular complexity index is 3440. The van der Waals surface area contributed by atoms with Crippen LogP contribution in [0.4, 0.5) is 4.79 Å². The third-order valence-electron chi connectivity index (χ3n) is 20.7. The number of carboxylic acids is 1. The predicted octanol–water partition coefficient (Wildman–Crippen LogP) is 12.6. The maximum atomic E-state index is 15.6. The molecule has 3 fully saturated rings. The number of Topliss-reactive ketones (excluding diaryl/α,β-unsaturated/α-hetero) is 2. The first kappa shape index (κ1) is 71.3. The fourth-order valence-corrected chi connectivity index (χ4v) is 15.4. The number of cyclic esters (lactones) is 1. The second-order valence-corrected chi connectivity index (χ2v) is 33.2. The number of phenolic OH excluding ortho intramolecular Hbond substituents is 1. The van der Waals surface area contributed by atoms with E-state index in [4.69, 9.17) is 32.5 Å². The van der Waals surface area contributed by atoms with Gasteiger partial charge in [-0.1, -0.05) is 91.3 Å². The van der Waals surface area contributed by atoms with E-state index in [9.17, 15) is 39.3 Å². The fraction of sp³-hybridized carbons (Fsp3) is 0.597. The third-order valence-corrected chi connectivity index (χ3v) is 25.2. The van der Waals surface area contributed by atoms with Crippen molar-refractivity contribution in [1.82, 2.24) is 10.2 Å². The SMILES string of the molecule is CO[C@H]1CC(C)C2(O)O[C@@H]1[C@@H](OC)C[C@@H](C)C/C(C)=C/[C@@H](CCOC(=O)NCc1c(O)ccc3c(-c4ccccc4C(=O)O)c4ccc(=O)cc-4oc13)C(=O)CC(O[Si](C)(C)C(C)(C)C)[C@@H](C)[C@@H](/C(C)=C/C1CCC(C)C(C)C1)OC(=O)C1CCCCN1C(=O)C2=O. The number of aromatic carboxylic acids is 1. The Balaban J connectivity index is 1.15. The van der Waals surface area contributed by atoms with E-state index in [2.05, 4.69) is 59.1 Å². The molecule has 2 aromatic rings. The second-order valence-electron chi connectivity index (χ2n) is 28.4. The van der Waals surface area contributed by atoms with Gasteiger partial charge in [0.1, 0.15) is 41.1 Å². The molecule has 0 radical (unpaired) electrons. The summed E-state index contributed by atoms with van der Waals surface area (Å²) >= 11 is 0. The summed E-state index contributed by atoms with van der Waals surface area (Å²) in [7, 11) is 0.277. The average molecular weight is 1290 g/mol. The Morgan fingerprint density at radius 3 is 2.25 bits per heavy atom. The van der Waals surface area contributed by atoms with Crippen LogP contribution >= 0.6 is 0 Å². The molecule has 92 heavy (non-hydrogen) atoms. The summed E-state index contributed by atoms with van der Waals surface area (Å²) in [5, 5.41) is 36.8. The number of methoxy groups -OCH3 is 2. The molecule has 0 spiro atoms. The largest absolute Gasteiger partial charge is 0.507 e. The van der Waals surface area contributed by atoms with Crippen molar-refractivity contribution in [1.29, 1.82) is 0 Å². The van der Waals surface area contributed by atoms with Crippen LogP contribution in [0.5, 0.6) is 5.75 Å². The lowest BCUT2D eigenvalue weighted by Crippen LogP contribution is -2.64. The number of carboxylic acid groups (broad SMARTS) is 1. The summed E-state index contributed by atoms with van der Waals surface area (Å²) in [5.74, 6) is -8.35. The number of nitrogens with zero attached hydrogens (tertiary/aromatic N) is 1. The number of aromatic hydroxyl groups is 1. The number of carbonyl (C=O) groups is 6. The number of hydrogen-bond acceptors (Lipinski definition) is 16.